The molecule has 1 saturated heterocycles. The van der Waals surface area contributed by atoms with E-state index in [2.05, 4.69) is 26.1 Å². The van der Waals surface area contributed by atoms with Crippen molar-refractivity contribution in [2.45, 2.75) is 45.8 Å². The summed E-state index contributed by atoms with van der Waals surface area (Å²) in [5.41, 5.74) is 0.239. The molecule has 134 valence electrons. The molecule has 1 fully saturated rings. The van der Waals surface area contributed by atoms with Crippen LogP contribution < -0.4 is 5.32 Å². The Morgan fingerprint density at radius 3 is 2.62 bits per heavy atom. The second-order valence-corrected chi connectivity index (χ2v) is 8.16. The van der Waals surface area contributed by atoms with Gasteiger partial charge in [0.1, 0.15) is 11.4 Å². The van der Waals surface area contributed by atoms with Crippen LogP contribution in [0.15, 0.2) is 22.7 Å². The number of alkyl carbamates (subject to hydrolysis) is 1. The predicted molar refractivity (Wildman–Crippen MR) is 96.3 cm³/mol. The SMILES string of the molecule is CC(C)(C)OC(=O)NCC1CCN(Cc2c(F)cccc2Br)CC1. The molecule has 1 aliphatic heterocycles. The maximum atomic E-state index is 13.9. The van der Waals surface area contributed by atoms with Crippen molar-refractivity contribution in [1.82, 2.24) is 10.2 Å². The number of ether oxygens (including phenoxy) is 1. The lowest BCUT2D eigenvalue weighted by Crippen LogP contribution is -2.40. The minimum atomic E-state index is -0.472. The van der Waals surface area contributed by atoms with Gasteiger partial charge in [0.15, 0.2) is 0 Å². The van der Waals surface area contributed by atoms with Crippen LogP contribution in [-0.4, -0.2) is 36.2 Å². The molecular weight excluding hydrogens is 375 g/mol. The molecule has 1 N–H and O–H groups in total. The average molecular weight is 401 g/mol. The minimum absolute atomic E-state index is 0.168. The van der Waals surface area contributed by atoms with Gasteiger partial charge < -0.3 is 10.1 Å². The highest BCUT2D eigenvalue weighted by Crippen LogP contribution is 2.24. The second-order valence-electron chi connectivity index (χ2n) is 7.30. The summed E-state index contributed by atoms with van der Waals surface area (Å²) in [6.45, 7) is 8.61. The zero-order valence-electron chi connectivity index (χ0n) is 14.6. The number of halogens is 2. The molecule has 24 heavy (non-hydrogen) atoms. The Kier molecular flexibility index (Phi) is 6.63. The van der Waals surface area contributed by atoms with Gasteiger partial charge >= 0.3 is 6.09 Å². The molecule has 1 aromatic rings. The number of hydrogen-bond donors (Lipinski definition) is 1. The fourth-order valence-electron chi connectivity index (χ4n) is 2.80. The van der Waals surface area contributed by atoms with Crippen LogP contribution in [0, 0.1) is 11.7 Å². The van der Waals surface area contributed by atoms with E-state index in [1.54, 1.807) is 6.07 Å². The van der Waals surface area contributed by atoms with Gasteiger partial charge in [-0.15, -0.1) is 0 Å². The quantitative estimate of drug-likeness (QED) is 0.817. The number of rotatable bonds is 4. The first-order valence-electron chi connectivity index (χ1n) is 8.36. The van der Waals surface area contributed by atoms with Gasteiger partial charge in [0.05, 0.1) is 0 Å². The van der Waals surface area contributed by atoms with Crippen LogP contribution in [-0.2, 0) is 11.3 Å². The summed E-state index contributed by atoms with van der Waals surface area (Å²) in [5.74, 6) is 0.274. The minimum Gasteiger partial charge on any atom is -0.444 e. The molecule has 0 aromatic heterocycles. The highest BCUT2D eigenvalue weighted by Gasteiger charge is 2.22. The van der Waals surface area contributed by atoms with Crippen molar-refractivity contribution < 1.29 is 13.9 Å². The molecule has 4 nitrogen and oxygen atoms in total. The van der Waals surface area contributed by atoms with Crippen LogP contribution in [0.5, 0.6) is 0 Å². The van der Waals surface area contributed by atoms with E-state index in [1.165, 1.54) is 6.07 Å². The number of amides is 1. The average Bonchev–Trinajstić information content (AvgIpc) is 2.48. The summed E-state index contributed by atoms with van der Waals surface area (Å²) in [7, 11) is 0. The first-order chi connectivity index (χ1) is 11.2. The molecule has 0 bridgehead atoms. The van der Waals surface area contributed by atoms with Crippen molar-refractivity contribution in [3.8, 4) is 0 Å². The molecule has 6 heteroatoms. The van der Waals surface area contributed by atoms with Gasteiger partial charge in [-0.05, 0) is 64.8 Å². The third kappa shape index (κ3) is 6.06. The molecule has 0 unspecified atom stereocenters. The molecule has 1 aliphatic rings. The number of piperidine rings is 1. The number of benzene rings is 1. The lowest BCUT2D eigenvalue weighted by molar-refractivity contribution is 0.0509. The molecule has 1 aromatic carbocycles. The van der Waals surface area contributed by atoms with Gasteiger partial charge in [-0.3, -0.25) is 4.90 Å². The normalized spacial score (nSPS) is 16.9. The largest absolute Gasteiger partial charge is 0.444 e. The Labute approximate surface area is 151 Å². The smallest absolute Gasteiger partial charge is 0.407 e. The Balaban J connectivity index is 1.75. The summed E-state index contributed by atoms with van der Waals surface area (Å²) < 4.78 is 20.0. The molecule has 0 radical (unpaired) electrons. The number of nitrogens with one attached hydrogen (secondary N) is 1. The van der Waals surface area contributed by atoms with Gasteiger partial charge in [-0.2, -0.15) is 0 Å². The van der Waals surface area contributed by atoms with Crippen LogP contribution in [0.2, 0.25) is 0 Å². The fraction of sp³-hybridized carbons (Fsp3) is 0.611. The molecule has 1 heterocycles. The van der Waals surface area contributed by atoms with E-state index in [9.17, 15) is 9.18 Å². The molecule has 0 spiro atoms. The number of likely N-dealkylation sites (tertiary alicyclic amines) is 1. The van der Waals surface area contributed by atoms with E-state index in [-0.39, 0.29) is 11.9 Å². The third-order valence-electron chi connectivity index (χ3n) is 4.08. The van der Waals surface area contributed by atoms with Crippen LogP contribution in [0.25, 0.3) is 0 Å². The van der Waals surface area contributed by atoms with Crippen LogP contribution in [0.1, 0.15) is 39.2 Å². The Hall–Kier alpha value is -1.14. The second kappa shape index (κ2) is 8.30. The van der Waals surface area contributed by atoms with Gasteiger partial charge in [-0.1, -0.05) is 22.0 Å². The summed E-state index contributed by atoms with van der Waals surface area (Å²) >= 11 is 3.42. The Morgan fingerprint density at radius 2 is 2.04 bits per heavy atom. The van der Waals surface area contributed by atoms with Crippen molar-refractivity contribution in [3.63, 3.8) is 0 Å². The summed E-state index contributed by atoms with van der Waals surface area (Å²) in [5, 5.41) is 2.84. The number of carbonyl (C=O) groups excluding carboxylic acids is 1. The summed E-state index contributed by atoms with van der Waals surface area (Å²) in [4.78, 5) is 13.9. The molecule has 0 aliphatic carbocycles. The van der Waals surface area contributed by atoms with Gasteiger partial charge in [0, 0.05) is 23.1 Å². The predicted octanol–water partition coefficient (Wildman–Crippen LogP) is 4.32. The van der Waals surface area contributed by atoms with E-state index in [1.807, 2.05) is 26.8 Å². The highest BCUT2D eigenvalue weighted by molar-refractivity contribution is 9.10. The van der Waals surface area contributed by atoms with Gasteiger partial charge in [0.2, 0.25) is 0 Å². The first kappa shape index (κ1) is 19.2. The Morgan fingerprint density at radius 1 is 1.38 bits per heavy atom. The number of nitrogens with zero attached hydrogens (tertiary/aromatic N) is 1. The van der Waals surface area contributed by atoms with Crippen molar-refractivity contribution >= 4 is 22.0 Å². The number of hydrogen-bond acceptors (Lipinski definition) is 3. The van der Waals surface area contributed by atoms with Crippen LogP contribution in [0.3, 0.4) is 0 Å². The lowest BCUT2D eigenvalue weighted by Gasteiger charge is -2.32. The van der Waals surface area contributed by atoms with Crippen molar-refractivity contribution in [2.75, 3.05) is 19.6 Å². The zero-order valence-corrected chi connectivity index (χ0v) is 16.2. The first-order valence-corrected chi connectivity index (χ1v) is 9.16. The molecule has 2 rings (SSSR count). The van der Waals surface area contributed by atoms with Crippen molar-refractivity contribution in [1.29, 1.82) is 0 Å². The van der Waals surface area contributed by atoms with E-state index >= 15 is 0 Å². The standard InChI is InChI=1S/C18H26BrFN2O2/c1-18(2,3)24-17(23)21-11-13-7-9-22(10-8-13)12-14-15(19)5-4-6-16(14)20/h4-6,13H,7-12H2,1-3H3,(H,21,23). The Bertz CT molecular complexity index is 546. The maximum Gasteiger partial charge on any atom is 0.407 e. The van der Waals surface area contributed by atoms with E-state index in [4.69, 9.17) is 4.74 Å². The van der Waals surface area contributed by atoms with Crippen LogP contribution >= 0.6 is 15.9 Å². The van der Waals surface area contributed by atoms with E-state index in [0.717, 1.165) is 30.4 Å². The monoisotopic (exact) mass is 400 g/mol. The van der Waals surface area contributed by atoms with Crippen molar-refractivity contribution in [3.05, 3.63) is 34.1 Å². The summed E-state index contributed by atoms with van der Waals surface area (Å²) in [6.07, 6.45) is 1.62. The fourth-order valence-corrected chi connectivity index (χ4v) is 3.26. The number of carbonyl (C=O) groups is 1. The summed E-state index contributed by atoms with van der Waals surface area (Å²) in [6, 6.07) is 5.07. The maximum absolute atomic E-state index is 13.9. The zero-order chi connectivity index (χ0) is 17.7. The third-order valence-corrected chi connectivity index (χ3v) is 4.83. The van der Waals surface area contributed by atoms with Crippen molar-refractivity contribution in [2.24, 2.45) is 5.92 Å². The van der Waals surface area contributed by atoms with E-state index < -0.39 is 5.60 Å². The molecule has 0 saturated carbocycles. The molecule has 1 amide bonds. The lowest BCUT2D eigenvalue weighted by atomic mass is 9.96. The van der Waals surface area contributed by atoms with E-state index in [0.29, 0.717) is 24.6 Å². The van der Waals surface area contributed by atoms with Crippen LogP contribution in [0.4, 0.5) is 9.18 Å². The van der Waals surface area contributed by atoms with Gasteiger partial charge in [0.25, 0.3) is 0 Å². The topological polar surface area (TPSA) is 41.6 Å². The highest BCUT2D eigenvalue weighted by atomic mass is 79.9. The molecular formula is C18H26BrFN2O2. The van der Waals surface area contributed by atoms with Gasteiger partial charge in [-0.25, -0.2) is 9.18 Å². The molecule has 0 atom stereocenters.